The van der Waals surface area contributed by atoms with Gasteiger partial charge >= 0.3 is 0 Å². The fourth-order valence-electron chi connectivity index (χ4n) is 5.59. The maximum atomic E-state index is 5.11. The molecule has 0 radical (unpaired) electrons. The predicted molar refractivity (Wildman–Crippen MR) is 168 cm³/mol. The molecule has 0 fully saturated rings. The largest absolute Gasteiger partial charge is 0.335 e. The molecule has 0 atom stereocenters. The highest BCUT2D eigenvalue weighted by Gasteiger charge is 2.40. The van der Waals surface area contributed by atoms with Crippen molar-refractivity contribution in [3.05, 3.63) is 99.5 Å². The summed E-state index contributed by atoms with van der Waals surface area (Å²) in [6, 6.07) is 14.8. The second kappa shape index (κ2) is 9.42. The number of benzene rings is 1. The third kappa shape index (κ3) is 4.30. The van der Waals surface area contributed by atoms with Crippen LogP contribution in [0.3, 0.4) is 0 Å². The van der Waals surface area contributed by atoms with Gasteiger partial charge in [0.25, 0.3) is 11.9 Å². The lowest BCUT2D eigenvalue weighted by Gasteiger charge is -2.28. The first-order valence-corrected chi connectivity index (χ1v) is 14.7. The molecule has 0 spiro atoms. The van der Waals surface area contributed by atoms with Crippen LogP contribution in [0.2, 0.25) is 0 Å². The van der Waals surface area contributed by atoms with Gasteiger partial charge in [0.05, 0.1) is 17.1 Å². The highest BCUT2D eigenvalue weighted by Crippen LogP contribution is 2.47. The minimum Gasteiger partial charge on any atom is -0.335 e. The van der Waals surface area contributed by atoms with Crippen molar-refractivity contribution in [2.75, 3.05) is 7.05 Å². The van der Waals surface area contributed by atoms with Crippen LogP contribution >= 0.6 is 11.3 Å². The predicted octanol–water partition coefficient (Wildman–Crippen LogP) is 6.38. The third-order valence-electron chi connectivity index (χ3n) is 7.75. The number of rotatable bonds is 4. The average molecular weight is 574 g/mol. The first kappa shape index (κ1) is 26.2. The Bertz CT molecular complexity index is 1930. The molecule has 7 rings (SSSR count). The lowest BCUT2D eigenvalue weighted by Crippen LogP contribution is -2.28. The summed E-state index contributed by atoms with van der Waals surface area (Å²) in [5.41, 5.74) is 6.52. The van der Waals surface area contributed by atoms with Crippen molar-refractivity contribution in [3.63, 3.8) is 0 Å². The van der Waals surface area contributed by atoms with Gasteiger partial charge < -0.3 is 4.90 Å². The number of allylic oxidation sites excluding steroid dienone is 3. The summed E-state index contributed by atoms with van der Waals surface area (Å²) in [7, 11) is 2.06. The second-order valence-electron chi connectivity index (χ2n) is 11.5. The van der Waals surface area contributed by atoms with Gasteiger partial charge in [-0.25, -0.2) is 14.4 Å². The van der Waals surface area contributed by atoms with Gasteiger partial charge in [-0.1, -0.05) is 32.0 Å². The summed E-state index contributed by atoms with van der Waals surface area (Å²) in [6.45, 7) is 12.3. The van der Waals surface area contributed by atoms with Crippen LogP contribution in [-0.4, -0.2) is 52.3 Å². The molecule has 42 heavy (non-hydrogen) atoms. The molecule has 1 aromatic carbocycles. The summed E-state index contributed by atoms with van der Waals surface area (Å²) in [4.78, 5) is 22.9. The monoisotopic (exact) mass is 573 g/mol. The van der Waals surface area contributed by atoms with E-state index in [2.05, 4.69) is 78.6 Å². The molecule has 0 bridgehead atoms. The third-order valence-corrected chi connectivity index (χ3v) is 8.92. The smallest absolute Gasteiger partial charge is 0.256 e. The standard InChI is InChI=1S/C32H31N9S/c1-18-12-20(3)40(37-18)30-34-28(35-31(36-30)41-21(4)13-19(2)38-41)16-27-32(5,6)24-14-23(17-39(7)29(24)33-27)26-15-22-10-8-9-11-25(22)42-26/h8-17H,1-7H3. The normalized spacial score (nSPS) is 17.1. The Morgan fingerprint density at radius 3 is 2.07 bits per heavy atom. The fourth-order valence-corrected chi connectivity index (χ4v) is 6.63. The number of likely N-dealkylation sites (N-methyl/N-ethyl adjacent to an activating group) is 1. The zero-order valence-electron chi connectivity index (χ0n) is 24.7. The van der Waals surface area contributed by atoms with Gasteiger partial charge in [-0.3, -0.25) is 0 Å². The van der Waals surface area contributed by atoms with Crippen LogP contribution in [0.25, 0.3) is 33.6 Å². The SMILES string of the molecule is Cc1cc(C)n(-c2nc(C=C3N=C4C(=CC(c5cc6ccccc6s5)=CN4C)C3(C)C)nc(-n3nc(C)cc3C)n2)n1. The van der Waals surface area contributed by atoms with Gasteiger partial charge in [0.1, 0.15) is 5.84 Å². The van der Waals surface area contributed by atoms with Gasteiger partial charge in [0.2, 0.25) is 0 Å². The van der Waals surface area contributed by atoms with Crippen molar-refractivity contribution < 1.29 is 0 Å². The van der Waals surface area contributed by atoms with Crippen LogP contribution in [-0.2, 0) is 0 Å². The van der Waals surface area contributed by atoms with E-state index in [-0.39, 0.29) is 5.41 Å². The molecule has 210 valence electrons. The van der Waals surface area contributed by atoms with E-state index in [1.807, 2.05) is 57.2 Å². The van der Waals surface area contributed by atoms with E-state index in [4.69, 9.17) is 19.9 Å². The molecule has 10 heteroatoms. The van der Waals surface area contributed by atoms with Crippen LogP contribution < -0.4 is 0 Å². The highest BCUT2D eigenvalue weighted by molar-refractivity contribution is 7.20. The molecule has 2 aliphatic rings. The average Bonchev–Trinajstić information content (AvgIpc) is 3.68. The molecule has 0 amide bonds. The van der Waals surface area contributed by atoms with Crippen molar-refractivity contribution in [3.8, 4) is 11.9 Å². The molecule has 0 aliphatic carbocycles. The summed E-state index contributed by atoms with van der Waals surface area (Å²) in [6.07, 6.45) is 6.41. The molecular weight excluding hydrogens is 542 g/mol. The van der Waals surface area contributed by atoms with E-state index < -0.39 is 0 Å². The molecule has 9 nitrogen and oxygen atoms in total. The van der Waals surface area contributed by atoms with Gasteiger partial charge in [-0.15, -0.1) is 11.3 Å². The minimum absolute atomic E-state index is 0.372. The summed E-state index contributed by atoms with van der Waals surface area (Å²) >= 11 is 1.81. The Morgan fingerprint density at radius 2 is 1.48 bits per heavy atom. The Morgan fingerprint density at radius 1 is 0.833 bits per heavy atom. The quantitative estimate of drug-likeness (QED) is 0.248. The zero-order valence-corrected chi connectivity index (χ0v) is 25.5. The van der Waals surface area contributed by atoms with E-state index in [0.717, 1.165) is 39.9 Å². The number of aromatic nitrogens is 7. The van der Waals surface area contributed by atoms with Crippen molar-refractivity contribution in [1.29, 1.82) is 0 Å². The van der Waals surface area contributed by atoms with Crippen LogP contribution in [0.1, 0.15) is 47.3 Å². The number of nitrogens with zero attached hydrogens (tertiary/aromatic N) is 9. The number of fused-ring (bicyclic) bond motifs is 2. The summed E-state index contributed by atoms with van der Waals surface area (Å²) in [5.74, 6) is 2.32. The summed E-state index contributed by atoms with van der Waals surface area (Å²) < 4.78 is 4.78. The molecular formula is C32H31N9S. The molecule has 5 aromatic rings. The number of hydrogen-bond donors (Lipinski definition) is 0. The van der Waals surface area contributed by atoms with Gasteiger partial charge in [0.15, 0.2) is 5.82 Å². The van der Waals surface area contributed by atoms with E-state index in [1.54, 1.807) is 9.36 Å². The van der Waals surface area contributed by atoms with Crippen LogP contribution in [0, 0.1) is 33.1 Å². The molecule has 0 saturated carbocycles. The summed E-state index contributed by atoms with van der Waals surface area (Å²) in [5, 5.41) is 10.5. The maximum absolute atomic E-state index is 5.11. The Kier molecular flexibility index (Phi) is 5.88. The molecule has 2 aliphatic heterocycles. The first-order chi connectivity index (χ1) is 20.1. The topological polar surface area (TPSA) is 89.9 Å². The van der Waals surface area contributed by atoms with Crippen LogP contribution in [0.5, 0.6) is 0 Å². The lowest BCUT2D eigenvalue weighted by atomic mass is 9.80. The van der Waals surface area contributed by atoms with E-state index in [9.17, 15) is 0 Å². The van der Waals surface area contributed by atoms with Gasteiger partial charge in [0, 0.05) is 56.8 Å². The second-order valence-corrected chi connectivity index (χ2v) is 12.5. The Labute approximate surface area is 248 Å². The first-order valence-electron chi connectivity index (χ1n) is 13.9. The minimum atomic E-state index is -0.372. The van der Waals surface area contributed by atoms with Crippen molar-refractivity contribution >= 4 is 38.9 Å². The van der Waals surface area contributed by atoms with Crippen LogP contribution in [0.15, 0.2) is 71.0 Å². The Balaban J connectivity index is 1.33. The van der Waals surface area contributed by atoms with E-state index >= 15 is 0 Å². The molecule has 0 saturated heterocycles. The molecule has 4 aromatic heterocycles. The molecule has 0 N–H and O–H groups in total. The van der Waals surface area contributed by atoms with Gasteiger partial charge in [-0.2, -0.15) is 25.1 Å². The number of amidine groups is 1. The fraction of sp³-hybridized carbons (Fsp3) is 0.250. The van der Waals surface area contributed by atoms with Crippen molar-refractivity contribution in [2.24, 2.45) is 10.4 Å². The number of hydrogen-bond acceptors (Lipinski definition) is 8. The van der Waals surface area contributed by atoms with Crippen molar-refractivity contribution in [1.82, 2.24) is 39.4 Å². The highest BCUT2D eigenvalue weighted by atomic mass is 32.1. The molecule has 0 unspecified atom stereocenters. The Hall–Kier alpha value is -4.70. The van der Waals surface area contributed by atoms with E-state index in [0.29, 0.717) is 17.7 Å². The molecule has 6 heterocycles. The maximum Gasteiger partial charge on any atom is 0.256 e. The lowest BCUT2D eigenvalue weighted by molar-refractivity contribution is 0.567. The van der Waals surface area contributed by atoms with Gasteiger partial charge in [-0.05, 0) is 63.4 Å². The van der Waals surface area contributed by atoms with Crippen molar-refractivity contribution in [2.45, 2.75) is 41.5 Å². The number of aryl methyl sites for hydroxylation is 4. The number of aliphatic imine (C=N–C) groups is 1. The number of thiophene rings is 1. The van der Waals surface area contributed by atoms with E-state index in [1.165, 1.54) is 20.5 Å². The van der Waals surface area contributed by atoms with Crippen LogP contribution in [0.4, 0.5) is 0 Å². The zero-order chi connectivity index (χ0) is 29.3.